The second-order valence-electron chi connectivity index (χ2n) is 1.81. The molecule has 0 fully saturated rings. The van der Waals surface area contributed by atoms with Crippen LogP contribution < -0.4 is 0 Å². The van der Waals surface area contributed by atoms with Gasteiger partial charge in [0.25, 0.3) is 6.02 Å². The molecule has 3 nitrogen and oxygen atoms in total. The molecule has 0 aliphatic heterocycles. The van der Waals surface area contributed by atoms with E-state index in [1.807, 2.05) is 18.9 Å². The molecular weight excluding hydrogens is 128 g/mol. The lowest BCUT2D eigenvalue weighted by Gasteiger charge is -2.15. The van der Waals surface area contributed by atoms with Crippen molar-refractivity contribution < 1.29 is 4.74 Å². The summed E-state index contributed by atoms with van der Waals surface area (Å²) < 4.78 is 4.95. The Bertz CT molecular complexity index is 132. The van der Waals surface area contributed by atoms with Crippen LogP contribution in [-0.2, 0) is 4.74 Å². The first-order valence-electron chi connectivity index (χ1n) is 3.20. The van der Waals surface area contributed by atoms with E-state index < -0.39 is 0 Å². The molecule has 0 saturated heterocycles. The lowest BCUT2D eigenvalue weighted by molar-refractivity contribution is 0.315. The van der Waals surface area contributed by atoms with Crippen LogP contribution in [0.1, 0.15) is 6.92 Å². The Morgan fingerprint density at radius 2 is 2.40 bits per heavy atom. The van der Waals surface area contributed by atoms with Gasteiger partial charge in [0.15, 0.2) is 0 Å². The summed E-state index contributed by atoms with van der Waals surface area (Å²) in [4.78, 5) is 5.79. The Hall–Kier alpha value is -0.990. The van der Waals surface area contributed by atoms with Gasteiger partial charge < -0.3 is 9.64 Å². The molecule has 0 aliphatic rings. The molecule has 0 spiro atoms. The van der Waals surface area contributed by atoms with E-state index in [-0.39, 0.29) is 0 Å². The molecule has 0 atom stereocenters. The average Bonchev–Trinajstić information content (AvgIpc) is 1.99. The number of aliphatic imine (C=N–C) groups is 1. The van der Waals surface area contributed by atoms with Crippen molar-refractivity contribution in [2.24, 2.45) is 4.99 Å². The summed E-state index contributed by atoms with van der Waals surface area (Å²) in [5, 5.41) is 0. The highest BCUT2D eigenvalue weighted by Gasteiger charge is 2.00. The van der Waals surface area contributed by atoms with Crippen LogP contribution in [0.5, 0.6) is 0 Å². The highest BCUT2D eigenvalue weighted by molar-refractivity contribution is 5.73. The van der Waals surface area contributed by atoms with Crippen LogP contribution in [0.4, 0.5) is 0 Å². The van der Waals surface area contributed by atoms with Gasteiger partial charge in [-0.3, -0.25) is 0 Å². The number of methoxy groups -OCH3 is 1. The molecule has 0 rings (SSSR count). The van der Waals surface area contributed by atoms with Crippen LogP contribution >= 0.6 is 0 Å². The van der Waals surface area contributed by atoms with Crippen LogP contribution in [0.15, 0.2) is 17.8 Å². The normalized spacial score (nSPS) is 10.9. The van der Waals surface area contributed by atoms with Crippen molar-refractivity contribution >= 4 is 6.02 Å². The number of amidine groups is 1. The molecule has 3 heteroatoms. The quantitative estimate of drug-likeness (QED) is 0.426. The zero-order valence-electron chi connectivity index (χ0n) is 6.79. The predicted octanol–water partition coefficient (Wildman–Crippen LogP) is 1.08. The Morgan fingerprint density at radius 1 is 1.80 bits per heavy atom. The van der Waals surface area contributed by atoms with E-state index in [9.17, 15) is 0 Å². The molecule has 0 bridgehead atoms. The second-order valence-corrected chi connectivity index (χ2v) is 1.81. The molecule has 0 unspecified atom stereocenters. The maximum atomic E-state index is 4.95. The summed E-state index contributed by atoms with van der Waals surface area (Å²) in [7, 11) is 3.50. The Kier molecular flexibility index (Phi) is 4.37. The predicted molar refractivity (Wildman–Crippen MR) is 42.9 cm³/mol. The minimum absolute atomic E-state index is 0.595. The first-order valence-corrected chi connectivity index (χ1v) is 3.20. The summed E-state index contributed by atoms with van der Waals surface area (Å²) in [6, 6.07) is 0.595. The van der Waals surface area contributed by atoms with Crippen molar-refractivity contribution in [3.05, 3.63) is 12.8 Å². The average molecular weight is 142 g/mol. The minimum atomic E-state index is 0.595. The zero-order chi connectivity index (χ0) is 7.98. The molecule has 0 aliphatic carbocycles. The van der Waals surface area contributed by atoms with E-state index in [1.165, 1.54) is 6.20 Å². The minimum Gasteiger partial charge on any atom is -0.468 e. The fourth-order valence-corrected chi connectivity index (χ4v) is 0.520. The first kappa shape index (κ1) is 9.01. The molecule has 0 saturated carbocycles. The topological polar surface area (TPSA) is 24.8 Å². The van der Waals surface area contributed by atoms with Crippen molar-refractivity contribution in [1.29, 1.82) is 0 Å². The third-order valence-corrected chi connectivity index (χ3v) is 1.19. The summed E-state index contributed by atoms with van der Waals surface area (Å²) in [6.07, 6.45) is 1.46. The highest BCUT2D eigenvalue weighted by atomic mass is 16.5. The van der Waals surface area contributed by atoms with Crippen LogP contribution in [0.3, 0.4) is 0 Å². The molecule has 0 radical (unpaired) electrons. The van der Waals surface area contributed by atoms with E-state index >= 15 is 0 Å². The van der Waals surface area contributed by atoms with E-state index in [0.29, 0.717) is 6.02 Å². The fourth-order valence-electron chi connectivity index (χ4n) is 0.520. The Morgan fingerprint density at radius 3 is 2.70 bits per heavy atom. The van der Waals surface area contributed by atoms with Gasteiger partial charge in [-0.15, -0.1) is 0 Å². The van der Waals surface area contributed by atoms with E-state index in [0.717, 1.165) is 6.54 Å². The summed E-state index contributed by atoms with van der Waals surface area (Å²) in [5.74, 6) is 0. The molecule has 0 aromatic carbocycles. The molecule has 0 aromatic rings. The standard InChI is InChI=1S/C7H14N2O/c1-5-8-7(10-4)9(3)6-2/h5H,1,6H2,2-4H3. The molecular formula is C7H14N2O. The number of nitrogens with zero attached hydrogens (tertiary/aromatic N) is 2. The molecule has 0 N–H and O–H groups in total. The third-order valence-electron chi connectivity index (χ3n) is 1.19. The zero-order valence-corrected chi connectivity index (χ0v) is 6.79. The number of hydrogen-bond acceptors (Lipinski definition) is 2. The summed E-state index contributed by atoms with van der Waals surface area (Å²) in [6.45, 7) is 6.37. The summed E-state index contributed by atoms with van der Waals surface area (Å²) >= 11 is 0. The van der Waals surface area contributed by atoms with Gasteiger partial charge in [0.05, 0.1) is 7.11 Å². The largest absolute Gasteiger partial charge is 0.468 e. The highest BCUT2D eigenvalue weighted by Crippen LogP contribution is 1.88. The van der Waals surface area contributed by atoms with Gasteiger partial charge in [0.2, 0.25) is 0 Å². The van der Waals surface area contributed by atoms with Gasteiger partial charge >= 0.3 is 0 Å². The molecule has 0 aromatic heterocycles. The van der Waals surface area contributed by atoms with Gasteiger partial charge in [-0.1, -0.05) is 6.58 Å². The van der Waals surface area contributed by atoms with Gasteiger partial charge in [0.1, 0.15) is 0 Å². The van der Waals surface area contributed by atoms with E-state index in [2.05, 4.69) is 11.6 Å². The summed E-state index contributed by atoms with van der Waals surface area (Å²) in [5.41, 5.74) is 0. The number of hydrogen-bond donors (Lipinski definition) is 0. The van der Waals surface area contributed by atoms with Crippen LogP contribution in [0, 0.1) is 0 Å². The lowest BCUT2D eigenvalue weighted by atomic mass is 10.6. The maximum Gasteiger partial charge on any atom is 0.291 e. The van der Waals surface area contributed by atoms with Crippen molar-refractivity contribution in [2.75, 3.05) is 20.7 Å². The van der Waals surface area contributed by atoms with Crippen LogP contribution in [0.25, 0.3) is 0 Å². The van der Waals surface area contributed by atoms with Crippen molar-refractivity contribution in [3.63, 3.8) is 0 Å². The second kappa shape index (κ2) is 4.85. The lowest BCUT2D eigenvalue weighted by Crippen LogP contribution is -2.27. The van der Waals surface area contributed by atoms with Gasteiger partial charge in [0, 0.05) is 19.8 Å². The van der Waals surface area contributed by atoms with Gasteiger partial charge in [-0.05, 0) is 6.92 Å². The Labute approximate surface area is 62.0 Å². The number of rotatable bonds is 2. The van der Waals surface area contributed by atoms with E-state index in [4.69, 9.17) is 4.74 Å². The monoisotopic (exact) mass is 142 g/mol. The van der Waals surface area contributed by atoms with Crippen LogP contribution in [-0.4, -0.2) is 31.6 Å². The molecule has 10 heavy (non-hydrogen) atoms. The third kappa shape index (κ3) is 2.53. The fraction of sp³-hybridized carbons (Fsp3) is 0.571. The maximum absolute atomic E-state index is 4.95. The molecule has 0 amide bonds. The molecule has 58 valence electrons. The molecule has 0 heterocycles. The van der Waals surface area contributed by atoms with Gasteiger partial charge in [-0.25, -0.2) is 4.99 Å². The van der Waals surface area contributed by atoms with Crippen LogP contribution in [0.2, 0.25) is 0 Å². The Balaban J connectivity index is 4.04. The SMILES string of the molecule is C=CN=C(OC)N(C)CC. The van der Waals surface area contributed by atoms with Crippen molar-refractivity contribution in [2.45, 2.75) is 6.92 Å². The van der Waals surface area contributed by atoms with Gasteiger partial charge in [-0.2, -0.15) is 0 Å². The smallest absolute Gasteiger partial charge is 0.291 e. The number of ether oxygens (including phenoxy) is 1. The van der Waals surface area contributed by atoms with E-state index in [1.54, 1.807) is 7.11 Å². The van der Waals surface area contributed by atoms with Crippen molar-refractivity contribution in [3.8, 4) is 0 Å². The first-order chi connectivity index (χ1) is 4.76. The van der Waals surface area contributed by atoms with Crippen molar-refractivity contribution in [1.82, 2.24) is 4.90 Å².